The van der Waals surface area contributed by atoms with Crippen LogP contribution in [0.25, 0.3) is 11.2 Å². The lowest BCUT2D eigenvalue weighted by Gasteiger charge is -2.40. The van der Waals surface area contributed by atoms with Gasteiger partial charge in [0.15, 0.2) is 29.1 Å². The number of hydrogen-bond donors (Lipinski definition) is 2. The fourth-order valence-corrected chi connectivity index (χ4v) is 9.84. The number of aromatic amines is 1. The van der Waals surface area contributed by atoms with Gasteiger partial charge in [-0.25, -0.2) is 24.0 Å². The summed E-state index contributed by atoms with van der Waals surface area (Å²) in [6.07, 6.45) is -2.37. The van der Waals surface area contributed by atoms with E-state index in [0.29, 0.717) is 22.6 Å². The van der Waals surface area contributed by atoms with Crippen LogP contribution in [0.2, 0.25) is 0 Å². The molecule has 0 spiro atoms. The normalized spacial score (nSPS) is 19.2. The number of nitrogens with one attached hydrogen (secondary N) is 2. The maximum atomic E-state index is 18.4. The first kappa shape index (κ1) is 46.2. The van der Waals surface area contributed by atoms with Gasteiger partial charge >= 0.3 is 0 Å². The number of carbonyl (C=O) groups excluding carboxylic acids is 1. The van der Waals surface area contributed by atoms with E-state index in [1.165, 1.54) is 13.3 Å². The van der Waals surface area contributed by atoms with Crippen LogP contribution in [0.4, 0.5) is 10.2 Å². The molecule has 1 fully saturated rings. The fraction of sp³-hybridized carbons (Fsp3) is 0.354. The highest BCUT2D eigenvalue weighted by molar-refractivity contribution is 7.44. The molecular formula is C48H53FN7O7P. The van der Waals surface area contributed by atoms with E-state index in [1.54, 1.807) is 38.5 Å². The number of nitriles is 1. The summed E-state index contributed by atoms with van der Waals surface area (Å²) >= 11 is 0. The quantitative estimate of drug-likeness (QED) is 0.0450. The summed E-state index contributed by atoms with van der Waals surface area (Å²) in [4.78, 5) is 30.2. The van der Waals surface area contributed by atoms with Gasteiger partial charge in [0.05, 0.1) is 46.3 Å². The zero-order chi connectivity index (χ0) is 45.4. The Morgan fingerprint density at radius 2 is 1.48 bits per heavy atom. The van der Waals surface area contributed by atoms with Gasteiger partial charge in [-0.1, -0.05) is 72.8 Å². The second-order valence-corrected chi connectivity index (χ2v) is 17.4. The Bertz CT molecular complexity index is 2450. The van der Waals surface area contributed by atoms with E-state index >= 15 is 4.39 Å². The summed E-state index contributed by atoms with van der Waals surface area (Å²) < 4.78 is 58.8. The number of aromatic nitrogens is 4. The van der Waals surface area contributed by atoms with Crippen molar-refractivity contribution < 1.29 is 37.2 Å². The minimum absolute atomic E-state index is 0.0643. The molecule has 1 aliphatic rings. The van der Waals surface area contributed by atoms with Crippen LogP contribution in [0.15, 0.2) is 116 Å². The molecule has 1 amide bonds. The van der Waals surface area contributed by atoms with Crippen molar-refractivity contribution in [2.45, 2.75) is 82.7 Å². The number of methoxy groups -OCH3 is 2. The van der Waals surface area contributed by atoms with Crippen molar-refractivity contribution in [3.63, 3.8) is 0 Å². The molecule has 64 heavy (non-hydrogen) atoms. The minimum atomic E-state index is -2.34. The molecule has 2 N–H and O–H groups in total. The molecule has 7 rings (SSSR count). The molecule has 1 saturated heterocycles. The number of hydrogen-bond acceptors (Lipinski definition) is 12. The number of rotatable bonds is 19. The maximum absolute atomic E-state index is 18.4. The van der Waals surface area contributed by atoms with Crippen LogP contribution in [0.1, 0.15) is 80.0 Å². The zero-order valence-electron chi connectivity index (χ0n) is 36.9. The predicted molar refractivity (Wildman–Crippen MR) is 242 cm³/mol. The SMILES string of the molecule is COc1ccc(C(OC[C@H]2O[C@H](c3nc(NC(=O)c4ccccc4)c4[nH]cnc4n3)[C@@](C)(F)[C@@H]2OP(OCCC#N)N(C(C)C)C(C)C)(c2ccccc2)c2ccc(OC)cc2)cc1. The summed E-state index contributed by atoms with van der Waals surface area (Å²) in [6.45, 7) is 9.27. The molecule has 2 aromatic heterocycles. The number of benzene rings is 4. The molecular weight excluding hydrogens is 837 g/mol. The third-order valence-corrected chi connectivity index (χ3v) is 13.1. The number of nitrogens with zero attached hydrogens (tertiary/aromatic N) is 5. The van der Waals surface area contributed by atoms with Crippen molar-refractivity contribution in [3.8, 4) is 17.6 Å². The van der Waals surface area contributed by atoms with Crippen molar-refractivity contribution in [2.75, 3.05) is 32.8 Å². The second kappa shape index (κ2) is 20.3. The molecule has 1 aliphatic heterocycles. The molecule has 16 heteroatoms. The van der Waals surface area contributed by atoms with E-state index in [4.69, 9.17) is 33.0 Å². The van der Waals surface area contributed by atoms with Crippen LogP contribution in [-0.4, -0.2) is 87.9 Å². The number of fused-ring (bicyclic) bond motifs is 1. The maximum Gasteiger partial charge on any atom is 0.259 e. The first-order chi connectivity index (χ1) is 30.9. The van der Waals surface area contributed by atoms with E-state index < -0.39 is 44.0 Å². The molecule has 4 aromatic carbocycles. The highest BCUT2D eigenvalue weighted by Crippen LogP contribution is 2.55. The molecule has 1 unspecified atom stereocenters. The summed E-state index contributed by atoms with van der Waals surface area (Å²) in [5, 5.41) is 12.3. The molecule has 3 heterocycles. The molecule has 334 valence electrons. The van der Waals surface area contributed by atoms with Gasteiger partial charge in [0.2, 0.25) is 0 Å². The van der Waals surface area contributed by atoms with Gasteiger partial charge in [0.1, 0.15) is 34.8 Å². The van der Waals surface area contributed by atoms with Crippen LogP contribution in [-0.2, 0) is 24.1 Å². The van der Waals surface area contributed by atoms with Crippen molar-refractivity contribution in [2.24, 2.45) is 0 Å². The number of imidazole rings is 1. The van der Waals surface area contributed by atoms with Gasteiger partial charge in [0, 0.05) is 17.6 Å². The van der Waals surface area contributed by atoms with E-state index in [1.807, 2.05) is 117 Å². The smallest absolute Gasteiger partial charge is 0.259 e. The molecule has 0 aliphatic carbocycles. The van der Waals surface area contributed by atoms with Gasteiger partial charge in [0.25, 0.3) is 14.4 Å². The molecule has 6 aromatic rings. The predicted octanol–water partition coefficient (Wildman–Crippen LogP) is 9.46. The van der Waals surface area contributed by atoms with E-state index in [9.17, 15) is 10.1 Å². The van der Waals surface area contributed by atoms with Gasteiger partial charge in [-0.15, -0.1) is 0 Å². The minimum Gasteiger partial charge on any atom is -0.497 e. The Morgan fingerprint density at radius 1 is 0.906 bits per heavy atom. The molecule has 0 radical (unpaired) electrons. The Morgan fingerprint density at radius 3 is 2.05 bits per heavy atom. The second-order valence-electron chi connectivity index (χ2n) is 15.9. The standard InChI is InChI=1S/C48H53FN7O7P/c1-31(2)56(32(3)4)64(61-28-14-27-50)63-41-39(62-42(47(41,5)49)45-53-43-40(51-30-52-43)44(54-45)55-46(57)33-15-10-8-11-16-33)29-60-48(34-17-12-9-13-18-34,35-19-23-37(58-6)24-20-35)36-21-25-38(59-7)26-22-36/h8-13,15-26,30-32,39,41-42H,14,28-29H2,1-7H3,(H2,51,52,53,54,55,57)/t39-,41-,42-,47+,64?/m1/s1. The van der Waals surface area contributed by atoms with Crippen LogP contribution < -0.4 is 14.8 Å². The number of H-pyrrole nitrogens is 1. The highest BCUT2D eigenvalue weighted by atomic mass is 31.2. The topological polar surface area (TPSA) is 166 Å². The highest BCUT2D eigenvalue weighted by Gasteiger charge is 2.59. The third kappa shape index (κ3) is 9.63. The lowest BCUT2D eigenvalue weighted by molar-refractivity contribution is -0.0816. The number of amides is 1. The van der Waals surface area contributed by atoms with Gasteiger partial charge in [-0.2, -0.15) is 5.26 Å². The number of carbonyl (C=O) groups is 1. The number of halogens is 1. The van der Waals surface area contributed by atoms with Crippen molar-refractivity contribution in [1.29, 1.82) is 5.26 Å². The van der Waals surface area contributed by atoms with Crippen molar-refractivity contribution >= 4 is 31.4 Å². The largest absolute Gasteiger partial charge is 0.497 e. The Balaban J connectivity index is 1.35. The average Bonchev–Trinajstić information content (AvgIpc) is 3.88. The Labute approximate surface area is 374 Å². The van der Waals surface area contributed by atoms with E-state index in [-0.39, 0.29) is 49.0 Å². The van der Waals surface area contributed by atoms with Crippen molar-refractivity contribution in [3.05, 3.63) is 144 Å². The van der Waals surface area contributed by atoms with Crippen LogP contribution in [0, 0.1) is 11.3 Å². The summed E-state index contributed by atoms with van der Waals surface area (Å²) in [7, 11) is 1.23. The van der Waals surface area contributed by atoms with Crippen LogP contribution in [0.5, 0.6) is 11.5 Å². The van der Waals surface area contributed by atoms with E-state index in [0.717, 1.165) is 16.7 Å². The Hall–Kier alpha value is -5.85. The van der Waals surface area contributed by atoms with E-state index in [2.05, 4.69) is 26.3 Å². The molecule has 14 nitrogen and oxygen atoms in total. The molecule has 0 bridgehead atoms. The summed E-state index contributed by atoms with van der Waals surface area (Å²) in [5.41, 5.74) is -0.365. The van der Waals surface area contributed by atoms with Gasteiger partial charge in [-0.05, 0) is 87.7 Å². The summed E-state index contributed by atoms with van der Waals surface area (Å²) in [5.74, 6) is 0.908. The lowest BCUT2D eigenvalue weighted by Crippen LogP contribution is -2.45. The lowest BCUT2D eigenvalue weighted by atomic mass is 9.80. The first-order valence-corrected chi connectivity index (χ1v) is 22.2. The molecule has 5 atom stereocenters. The van der Waals surface area contributed by atoms with Crippen molar-refractivity contribution in [1.82, 2.24) is 24.6 Å². The monoisotopic (exact) mass is 889 g/mol. The number of anilines is 1. The number of alkyl halides is 1. The van der Waals surface area contributed by atoms with Crippen LogP contribution >= 0.6 is 8.53 Å². The molecule has 0 saturated carbocycles. The first-order valence-electron chi connectivity index (χ1n) is 21.1. The zero-order valence-corrected chi connectivity index (χ0v) is 37.8. The number of ether oxygens (including phenoxy) is 4. The average molecular weight is 890 g/mol. The third-order valence-electron chi connectivity index (χ3n) is 11.0. The van der Waals surface area contributed by atoms with Gasteiger partial charge < -0.3 is 38.3 Å². The Kier molecular flexibility index (Phi) is 14.7. The summed E-state index contributed by atoms with van der Waals surface area (Å²) in [6, 6.07) is 35.6. The van der Waals surface area contributed by atoms with Gasteiger partial charge in [-0.3, -0.25) is 4.79 Å². The van der Waals surface area contributed by atoms with Crippen LogP contribution in [0.3, 0.4) is 0 Å². The fourth-order valence-electron chi connectivity index (χ4n) is 8.00.